The third kappa shape index (κ3) is 1.33. The monoisotopic (exact) mass is 208 g/mol. The van der Waals surface area contributed by atoms with Crippen molar-refractivity contribution in [1.82, 2.24) is 4.98 Å². The predicted octanol–water partition coefficient (Wildman–Crippen LogP) is 2.04. The van der Waals surface area contributed by atoms with E-state index in [1.165, 1.54) is 0 Å². The molecule has 1 N–H and O–H groups in total. The standard InChI is InChI=1S/C9H5ClN2O2/c10-5-2-1-3-6-8(5)14-9(12-6)7(13)4-11/h1-3,7,13H. The van der Waals surface area contributed by atoms with E-state index in [1.54, 1.807) is 24.3 Å². The molecule has 0 radical (unpaired) electrons. The van der Waals surface area contributed by atoms with Gasteiger partial charge in [0.2, 0.25) is 12.0 Å². The van der Waals surface area contributed by atoms with Crippen LogP contribution in [0.4, 0.5) is 0 Å². The van der Waals surface area contributed by atoms with E-state index in [0.717, 1.165) is 0 Å². The van der Waals surface area contributed by atoms with Crippen LogP contribution in [0.5, 0.6) is 0 Å². The quantitative estimate of drug-likeness (QED) is 0.728. The Bertz CT molecular complexity index is 515. The Morgan fingerprint density at radius 1 is 1.57 bits per heavy atom. The maximum Gasteiger partial charge on any atom is 0.239 e. The van der Waals surface area contributed by atoms with Gasteiger partial charge in [-0.2, -0.15) is 5.26 Å². The van der Waals surface area contributed by atoms with Crippen molar-refractivity contribution in [2.75, 3.05) is 0 Å². The smallest absolute Gasteiger partial charge is 0.239 e. The molecule has 0 fully saturated rings. The average molecular weight is 209 g/mol. The SMILES string of the molecule is N#CC(O)c1nc2cccc(Cl)c2o1. The van der Waals surface area contributed by atoms with Gasteiger partial charge in [-0.15, -0.1) is 0 Å². The second-order valence-electron chi connectivity index (χ2n) is 2.67. The van der Waals surface area contributed by atoms with Gasteiger partial charge < -0.3 is 9.52 Å². The van der Waals surface area contributed by atoms with Crippen molar-refractivity contribution in [3.63, 3.8) is 0 Å². The molecule has 4 nitrogen and oxygen atoms in total. The summed E-state index contributed by atoms with van der Waals surface area (Å²) in [5.41, 5.74) is 0.917. The Balaban J connectivity index is 2.64. The highest BCUT2D eigenvalue weighted by Gasteiger charge is 2.15. The lowest BCUT2D eigenvalue weighted by molar-refractivity contribution is 0.200. The number of oxazole rings is 1. The van der Waals surface area contributed by atoms with E-state index in [2.05, 4.69) is 4.98 Å². The second kappa shape index (κ2) is 3.29. The molecule has 1 aromatic carbocycles. The van der Waals surface area contributed by atoms with Crippen LogP contribution in [0.3, 0.4) is 0 Å². The van der Waals surface area contributed by atoms with Crippen molar-refractivity contribution < 1.29 is 9.52 Å². The number of aliphatic hydroxyl groups excluding tert-OH is 1. The molecule has 70 valence electrons. The minimum Gasteiger partial charge on any atom is -0.435 e. The molecular formula is C9H5ClN2O2. The molecule has 0 aliphatic rings. The van der Waals surface area contributed by atoms with Gasteiger partial charge in [0.25, 0.3) is 0 Å². The number of fused-ring (bicyclic) bond motifs is 1. The highest BCUT2D eigenvalue weighted by atomic mass is 35.5. The Kier molecular flexibility index (Phi) is 2.12. The summed E-state index contributed by atoms with van der Waals surface area (Å²) in [6.07, 6.45) is -1.35. The third-order valence-corrected chi connectivity index (χ3v) is 2.04. The number of hydrogen-bond acceptors (Lipinski definition) is 4. The molecule has 0 saturated heterocycles. The molecule has 0 bridgehead atoms. The molecule has 0 spiro atoms. The highest BCUT2D eigenvalue weighted by Crippen LogP contribution is 2.26. The first-order chi connectivity index (χ1) is 6.72. The van der Waals surface area contributed by atoms with E-state index in [1.807, 2.05) is 0 Å². The van der Waals surface area contributed by atoms with Crippen molar-refractivity contribution in [1.29, 1.82) is 5.26 Å². The van der Waals surface area contributed by atoms with Crippen LogP contribution in [0.2, 0.25) is 5.02 Å². The van der Waals surface area contributed by atoms with Gasteiger partial charge in [0, 0.05) is 0 Å². The number of aliphatic hydroxyl groups is 1. The minimum absolute atomic E-state index is 0.0319. The first-order valence-electron chi connectivity index (χ1n) is 3.85. The number of nitriles is 1. The van der Waals surface area contributed by atoms with Gasteiger partial charge in [-0.3, -0.25) is 0 Å². The topological polar surface area (TPSA) is 70.0 Å². The Morgan fingerprint density at radius 2 is 2.36 bits per heavy atom. The largest absolute Gasteiger partial charge is 0.435 e. The van der Waals surface area contributed by atoms with Crippen molar-refractivity contribution >= 4 is 22.7 Å². The summed E-state index contributed by atoms with van der Waals surface area (Å²) in [5, 5.41) is 18.0. The van der Waals surface area contributed by atoms with Crippen molar-refractivity contribution in [3.8, 4) is 6.07 Å². The zero-order chi connectivity index (χ0) is 10.1. The fourth-order valence-corrected chi connectivity index (χ4v) is 1.31. The lowest BCUT2D eigenvalue weighted by Crippen LogP contribution is -1.91. The van der Waals surface area contributed by atoms with Crippen LogP contribution >= 0.6 is 11.6 Å². The summed E-state index contributed by atoms with van der Waals surface area (Å²) in [4.78, 5) is 3.92. The maximum atomic E-state index is 9.16. The van der Waals surface area contributed by atoms with Crippen molar-refractivity contribution in [2.45, 2.75) is 6.10 Å². The van der Waals surface area contributed by atoms with Crippen LogP contribution in [-0.2, 0) is 0 Å². The van der Waals surface area contributed by atoms with Crippen molar-refractivity contribution in [2.24, 2.45) is 0 Å². The maximum absolute atomic E-state index is 9.16. The number of hydrogen-bond donors (Lipinski definition) is 1. The molecule has 1 aromatic heterocycles. The Morgan fingerprint density at radius 3 is 3.00 bits per heavy atom. The first-order valence-corrected chi connectivity index (χ1v) is 4.23. The van der Waals surface area contributed by atoms with Gasteiger partial charge in [0.05, 0.1) is 5.02 Å². The van der Waals surface area contributed by atoms with Gasteiger partial charge >= 0.3 is 0 Å². The van der Waals surface area contributed by atoms with E-state index >= 15 is 0 Å². The molecule has 2 rings (SSSR count). The van der Waals surface area contributed by atoms with Crippen LogP contribution in [0.25, 0.3) is 11.1 Å². The fourth-order valence-electron chi connectivity index (χ4n) is 1.10. The number of para-hydroxylation sites is 1. The van der Waals surface area contributed by atoms with Crippen LogP contribution in [0.1, 0.15) is 12.0 Å². The van der Waals surface area contributed by atoms with Crippen LogP contribution in [-0.4, -0.2) is 10.1 Å². The van der Waals surface area contributed by atoms with Crippen LogP contribution in [0, 0.1) is 11.3 Å². The molecular weight excluding hydrogens is 204 g/mol. The van der Waals surface area contributed by atoms with Crippen molar-refractivity contribution in [3.05, 3.63) is 29.1 Å². The highest BCUT2D eigenvalue weighted by molar-refractivity contribution is 6.34. The second-order valence-corrected chi connectivity index (χ2v) is 3.08. The summed E-state index contributed by atoms with van der Waals surface area (Å²) in [6, 6.07) is 6.68. The number of nitrogens with zero attached hydrogens (tertiary/aromatic N) is 2. The molecule has 0 aliphatic carbocycles. The minimum atomic E-state index is -1.35. The zero-order valence-corrected chi connectivity index (χ0v) is 7.69. The number of benzene rings is 1. The normalized spacial score (nSPS) is 12.6. The van der Waals surface area contributed by atoms with Gasteiger partial charge in [0.1, 0.15) is 11.6 Å². The molecule has 0 saturated carbocycles. The Hall–Kier alpha value is -1.57. The molecule has 2 aromatic rings. The first kappa shape index (κ1) is 9.00. The van der Waals surface area contributed by atoms with E-state index in [4.69, 9.17) is 26.4 Å². The summed E-state index contributed by atoms with van der Waals surface area (Å²) in [5.74, 6) is -0.0319. The van der Waals surface area contributed by atoms with E-state index < -0.39 is 6.10 Å². The molecule has 1 unspecified atom stereocenters. The van der Waals surface area contributed by atoms with E-state index in [-0.39, 0.29) is 5.89 Å². The van der Waals surface area contributed by atoms with Gasteiger partial charge in [-0.1, -0.05) is 17.7 Å². The molecule has 1 atom stereocenters. The summed E-state index contributed by atoms with van der Waals surface area (Å²) in [6.45, 7) is 0. The molecule has 5 heteroatoms. The molecule has 0 aliphatic heterocycles. The zero-order valence-electron chi connectivity index (χ0n) is 6.94. The van der Waals surface area contributed by atoms with Crippen LogP contribution in [0.15, 0.2) is 22.6 Å². The number of aromatic nitrogens is 1. The molecule has 0 amide bonds. The summed E-state index contributed by atoms with van der Waals surface area (Å²) < 4.78 is 5.14. The van der Waals surface area contributed by atoms with E-state index in [9.17, 15) is 0 Å². The molecule has 14 heavy (non-hydrogen) atoms. The van der Waals surface area contributed by atoms with Gasteiger partial charge in [-0.25, -0.2) is 4.98 Å². The Labute approximate surface area is 84.3 Å². The van der Waals surface area contributed by atoms with E-state index in [0.29, 0.717) is 16.1 Å². The summed E-state index contributed by atoms with van der Waals surface area (Å²) >= 11 is 5.82. The predicted molar refractivity (Wildman–Crippen MR) is 49.6 cm³/mol. The lowest BCUT2D eigenvalue weighted by atomic mass is 10.3. The summed E-state index contributed by atoms with van der Waals surface area (Å²) in [7, 11) is 0. The molecule has 1 heterocycles. The van der Waals surface area contributed by atoms with Gasteiger partial charge in [-0.05, 0) is 12.1 Å². The third-order valence-electron chi connectivity index (χ3n) is 1.74. The number of rotatable bonds is 1. The number of halogens is 1. The van der Waals surface area contributed by atoms with Gasteiger partial charge in [0.15, 0.2) is 5.58 Å². The lowest BCUT2D eigenvalue weighted by Gasteiger charge is -1.91. The fraction of sp³-hybridized carbons (Fsp3) is 0.111. The van der Waals surface area contributed by atoms with Crippen LogP contribution < -0.4 is 0 Å². The average Bonchev–Trinajstić information content (AvgIpc) is 2.62.